The molecule has 1 aromatic rings. The second-order valence-corrected chi connectivity index (χ2v) is 6.26. The predicted molar refractivity (Wildman–Crippen MR) is 73.5 cm³/mol. The van der Waals surface area contributed by atoms with Crippen LogP contribution in [0.5, 0.6) is 11.5 Å². The minimum absolute atomic E-state index is 0.0880. The molecule has 1 aliphatic rings. The van der Waals surface area contributed by atoms with Gasteiger partial charge in [0.2, 0.25) is 0 Å². The lowest BCUT2D eigenvalue weighted by Gasteiger charge is -2.19. The van der Waals surface area contributed by atoms with E-state index in [-0.39, 0.29) is 5.78 Å². The monoisotopic (exact) mass is 312 g/mol. The Labute approximate surface area is 116 Å². The van der Waals surface area contributed by atoms with Gasteiger partial charge in [-0.05, 0) is 28.1 Å². The lowest BCUT2D eigenvalue weighted by Crippen LogP contribution is -2.20. The molecule has 1 heterocycles. The van der Waals surface area contributed by atoms with Gasteiger partial charge in [0.15, 0.2) is 17.3 Å². The molecule has 4 heteroatoms. The second-order valence-electron chi connectivity index (χ2n) is 5.41. The molecule has 0 radical (unpaired) electrons. The fourth-order valence-corrected chi connectivity index (χ4v) is 2.26. The molecule has 1 aromatic carbocycles. The number of ketones is 1. The maximum absolute atomic E-state index is 12.3. The average Bonchev–Trinajstić information content (AvgIpc) is 2.50. The molecular formula is C14H17BrO3. The minimum Gasteiger partial charge on any atom is -0.490 e. The first kappa shape index (κ1) is 13.4. The fraction of sp³-hybridized carbons (Fsp3) is 0.500. The van der Waals surface area contributed by atoms with Crippen LogP contribution < -0.4 is 9.47 Å². The van der Waals surface area contributed by atoms with Crippen LogP contribution >= 0.6 is 15.9 Å². The minimum atomic E-state index is -0.414. The van der Waals surface area contributed by atoms with E-state index in [1.165, 1.54) is 0 Å². The normalized spacial score (nSPS) is 15.1. The van der Waals surface area contributed by atoms with E-state index in [9.17, 15) is 4.79 Å². The van der Waals surface area contributed by atoms with Crippen LogP contribution in [0.2, 0.25) is 0 Å². The Kier molecular flexibility index (Phi) is 3.66. The van der Waals surface area contributed by atoms with Crippen LogP contribution in [0.1, 0.15) is 37.6 Å². The number of rotatable bonds is 1. The first-order valence-corrected chi connectivity index (χ1v) is 6.83. The number of hydrogen-bond acceptors (Lipinski definition) is 3. The number of Topliss-reactive ketones (excluding diaryl/α,β-unsaturated/α-hetero) is 1. The van der Waals surface area contributed by atoms with Crippen molar-refractivity contribution in [3.05, 3.63) is 22.2 Å². The molecule has 3 nitrogen and oxygen atoms in total. The Morgan fingerprint density at radius 1 is 1.17 bits per heavy atom. The standard InChI is InChI=1S/C14H17BrO3/c1-14(2,3)13(16)9-7-11-12(8-10(9)15)18-6-4-5-17-11/h7-8H,4-6H2,1-3H3. The Hall–Kier alpha value is -1.03. The molecule has 2 rings (SSSR count). The van der Waals surface area contributed by atoms with E-state index in [1.807, 2.05) is 26.8 Å². The molecule has 0 fully saturated rings. The third-order valence-electron chi connectivity index (χ3n) is 2.76. The molecular weight excluding hydrogens is 296 g/mol. The van der Waals surface area contributed by atoms with Crippen LogP contribution in [-0.2, 0) is 0 Å². The molecule has 0 bridgehead atoms. The Bertz CT molecular complexity index is 475. The summed E-state index contributed by atoms with van der Waals surface area (Å²) in [4.78, 5) is 12.3. The van der Waals surface area contributed by atoms with Gasteiger partial charge in [-0.25, -0.2) is 0 Å². The summed E-state index contributed by atoms with van der Waals surface area (Å²) >= 11 is 3.44. The van der Waals surface area contributed by atoms with Crippen molar-refractivity contribution >= 4 is 21.7 Å². The molecule has 98 valence electrons. The zero-order chi connectivity index (χ0) is 13.3. The smallest absolute Gasteiger partial charge is 0.169 e. The summed E-state index contributed by atoms with van der Waals surface area (Å²) in [5.74, 6) is 1.44. The van der Waals surface area contributed by atoms with E-state index in [0.717, 1.165) is 10.9 Å². The zero-order valence-electron chi connectivity index (χ0n) is 10.9. The highest BCUT2D eigenvalue weighted by Gasteiger charge is 2.26. The molecule has 0 amide bonds. The number of halogens is 1. The van der Waals surface area contributed by atoms with Crippen LogP contribution in [0.4, 0.5) is 0 Å². The van der Waals surface area contributed by atoms with Gasteiger partial charge in [0.05, 0.1) is 13.2 Å². The van der Waals surface area contributed by atoms with E-state index in [0.29, 0.717) is 30.3 Å². The summed E-state index contributed by atoms with van der Waals surface area (Å²) in [6.45, 7) is 6.99. The van der Waals surface area contributed by atoms with Gasteiger partial charge in [-0.2, -0.15) is 0 Å². The Balaban J connectivity index is 2.44. The van der Waals surface area contributed by atoms with Gasteiger partial charge in [-0.1, -0.05) is 20.8 Å². The SMILES string of the molecule is CC(C)(C)C(=O)c1cc2c(cc1Br)OCCCO2. The topological polar surface area (TPSA) is 35.5 Å². The summed E-state index contributed by atoms with van der Waals surface area (Å²) in [5.41, 5.74) is 0.231. The maximum atomic E-state index is 12.3. The summed E-state index contributed by atoms with van der Waals surface area (Å²) < 4.78 is 11.9. The summed E-state index contributed by atoms with van der Waals surface area (Å²) in [6, 6.07) is 3.60. The first-order chi connectivity index (χ1) is 8.39. The van der Waals surface area contributed by atoms with Crippen LogP contribution in [0, 0.1) is 5.41 Å². The molecule has 18 heavy (non-hydrogen) atoms. The number of ether oxygens (including phenoxy) is 2. The molecule has 0 aromatic heterocycles. The van der Waals surface area contributed by atoms with Crippen molar-refractivity contribution < 1.29 is 14.3 Å². The van der Waals surface area contributed by atoms with Crippen molar-refractivity contribution in [1.82, 2.24) is 0 Å². The summed E-state index contributed by atoms with van der Waals surface area (Å²) in [7, 11) is 0. The number of carbonyl (C=O) groups is 1. The highest BCUT2D eigenvalue weighted by Crippen LogP contribution is 2.37. The molecule has 0 spiro atoms. The fourth-order valence-electron chi connectivity index (χ4n) is 1.76. The largest absolute Gasteiger partial charge is 0.490 e. The molecule has 0 aliphatic carbocycles. The van der Waals surface area contributed by atoms with Crippen molar-refractivity contribution in [3.8, 4) is 11.5 Å². The Morgan fingerprint density at radius 2 is 1.72 bits per heavy atom. The molecule has 0 N–H and O–H groups in total. The van der Waals surface area contributed by atoms with Crippen molar-refractivity contribution in [2.24, 2.45) is 5.41 Å². The van der Waals surface area contributed by atoms with Crippen LogP contribution in [-0.4, -0.2) is 19.0 Å². The summed E-state index contributed by atoms with van der Waals surface area (Å²) in [5, 5.41) is 0. The average molecular weight is 313 g/mol. The molecule has 1 aliphatic heterocycles. The zero-order valence-corrected chi connectivity index (χ0v) is 12.5. The highest BCUT2D eigenvalue weighted by atomic mass is 79.9. The van der Waals surface area contributed by atoms with E-state index in [4.69, 9.17) is 9.47 Å². The van der Waals surface area contributed by atoms with E-state index >= 15 is 0 Å². The molecule has 0 unspecified atom stereocenters. The summed E-state index contributed by atoms with van der Waals surface area (Å²) in [6.07, 6.45) is 0.856. The van der Waals surface area contributed by atoms with Crippen LogP contribution in [0.3, 0.4) is 0 Å². The number of carbonyl (C=O) groups excluding carboxylic acids is 1. The van der Waals surface area contributed by atoms with Gasteiger partial charge in [-0.15, -0.1) is 0 Å². The van der Waals surface area contributed by atoms with Gasteiger partial charge < -0.3 is 9.47 Å². The third kappa shape index (κ3) is 2.69. The molecule has 0 saturated carbocycles. The molecule has 0 atom stereocenters. The Morgan fingerprint density at radius 3 is 2.28 bits per heavy atom. The maximum Gasteiger partial charge on any atom is 0.169 e. The van der Waals surface area contributed by atoms with Crippen molar-refractivity contribution in [3.63, 3.8) is 0 Å². The number of fused-ring (bicyclic) bond motifs is 1. The van der Waals surface area contributed by atoms with Gasteiger partial charge in [0, 0.05) is 21.9 Å². The van der Waals surface area contributed by atoms with Gasteiger partial charge in [0.1, 0.15) is 0 Å². The lowest BCUT2D eigenvalue weighted by molar-refractivity contribution is 0.0857. The van der Waals surface area contributed by atoms with E-state index in [1.54, 1.807) is 6.07 Å². The van der Waals surface area contributed by atoms with Gasteiger partial charge in [0.25, 0.3) is 0 Å². The van der Waals surface area contributed by atoms with E-state index in [2.05, 4.69) is 15.9 Å². The van der Waals surface area contributed by atoms with Crippen LogP contribution in [0.15, 0.2) is 16.6 Å². The van der Waals surface area contributed by atoms with Gasteiger partial charge in [-0.3, -0.25) is 4.79 Å². The lowest BCUT2D eigenvalue weighted by atomic mass is 9.86. The number of hydrogen-bond donors (Lipinski definition) is 0. The van der Waals surface area contributed by atoms with Crippen LogP contribution in [0.25, 0.3) is 0 Å². The van der Waals surface area contributed by atoms with Gasteiger partial charge >= 0.3 is 0 Å². The first-order valence-electron chi connectivity index (χ1n) is 6.03. The highest BCUT2D eigenvalue weighted by molar-refractivity contribution is 9.10. The second kappa shape index (κ2) is 4.92. The number of benzene rings is 1. The van der Waals surface area contributed by atoms with Crippen molar-refractivity contribution in [2.75, 3.05) is 13.2 Å². The molecule has 0 saturated heterocycles. The predicted octanol–water partition coefficient (Wildman–Crippen LogP) is 3.84. The van der Waals surface area contributed by atoms with Crippen molar-refractivity contribution in [1.29, 1.82) is 0 Å². The third-order valence-corrected chi connectivity index (χ3v) is 3.42. The quantitative estimate of drug-likeness (QED) is 0.739. The van der Waals surface area contributed by atoms with Crippen molar-refractivity contribution in [2.45, 2.75) is 27.2 Å². The van der Waals surface area contributed by atoms with E-state index < -0.39 is 5.41 Å².